The number of carboxylic acid groups (broad SMARTS) is 1. The zero-order valence-corrected chi connectivity index (χ0v) is 11.7. The Morgan fingerprint density at radius 3 is 2.53 bits per heavy atom. The lowest BCUT2D eigenvalue weighted by Gasteiger charge is -2.61. The fraction of sp³-hybridized carbons (Fsp3) is 0.889. The Balaban J connectivity index is 2.05. The van der Waals surface area contributed by atoms with Crippen molar-refractivity contribution in [2.24, 2.45) is 0 Å². The zero-order valence-electron chi connectivity index (χ0n) is 8.48. The number of hydrogen-bond donors (Lipinski definition) is 1. The van der Waals surface area contributed by atoms with Gasteiger partial charge in [0, 0.05) is 6.42 Å². The van der Waals surface area contributed by atoms with Gasteiger partial charge in [0.15, 0.2) is 4.08 Å². The third-order valence-electron chi connectivity index (χ3n) is 2.93. The minimum Gasteiger partial charge on any atom is -0.480 e. The summed E-state index contributed by atoms with van der Waals surface area (Å²) in [6.07, 6.45) is 1.91. The molecule has 6 heteroatoms. The van der Waals surface area contributed by atoms with E-state index in [0.29, 0.717) is 4.58 Å². The molecule has 84 valence electrons. The van der Waals surface area contributed by atoms with Crippen LogP contribution in [0.15, 0.2) is 0 Å². The molecule has 4 unspecified atom stereocenters. The van der Waals surface area contributed by atoms with Gasteiger partial charge in [-0.3, -0.25) is 0 Å². The molecule has 4 rings (SSSR count). The van der Waals surface area contributed by atoms with Gasteiger partial charge in [-0.15, -0.1) is 47.0 Å². The lowest BCUT2D eigenvalue weighted by atomic mass is 10.2. The summed E-state index contributed by atoms with van der Waals surface area (Å²) in [5.41, 5.74) is 0. The van der Waals surface area contributed by atoms with Gasteiger partial charge < -0.3 is 5.11 Å². The molecule has 2 nitrogen and oxygen atoms in total. The predicted molar refractivity (Wildman–Crippen MR) is 70.6 cm³/mol. The van der Waals surface area contributed by atoms with E-state index in [9.17, 15) is 9.90 Å². The van der Waals surface area contributed by atoms with Gasteiger partial charge in [0.2, 0.25) is 0 Å². The van der Waals surface area contributed by atoms with Crippen LogP contribution in [-0.4, -0.2) is 27.9 Å². The number of hydrogen-bond acceptors (Lipinski definition) is 5. The molecule has 0 saturated carbocycles. The predicted octanol–water partition coefficient (Wildman–Crippen LogP) is 3.28. The summed E-state index contributed by atoms with van der Waals surface area (Å²) in [5, 5.41) is 9.45. The van der Waals surface area contributed by atoms with Crippen molar-refractivity contribution in [1.29, 1.82) is 0 Å². The highest BCUT2D eigenvalue weighted by Crippen LogP contribution is 2.77. The van der Waals surface area contributed by atoms with Gasteiger partial charge >= 0.3 is 5.97 Å². The Morgan fingerprint density at radius 1 is 1.27 bits per heavy atom. The second-order valence-electron chi connectivity index (χ2n) is 4.58. The van der Waals surface area contributed by atoms with E-state index in [1.807, 2.05) is 23.5 Å². The minimum absolute atomic E-state index is 0.118. The minimum atomic E-state index is -0.625. The number of thioether (sulfide) groups is 4. The van der Waals surface area contributed by atoms with Crippen LogP contribution < -0.4 is 0 Å². The molecule has 0 aliphatic carbocycles. The molecule has 4 bridgehead atoms. The van der Waals surface area contributed by atoms with Crippen LogP contribution in [0.25, 0.3) is 0 Å². The summed E-state index contributed by atoms with van der Waals surface area (Å²) in [4.78, 5) is 11.5. The highest BCUT2D eigenvalue weighted by Gasteiger charge is 2.66. The maximum absolute atomic E-state index is 11.5. The lowest BCUT2D eigenvalue weighted by molar-refractivity contribution is -0.137. The van der Waals surface area contributed by atoms with Crippen LogP contribution in [0.5, 0.6) is 0 Å². The lowest BCUT2D eigenvalue weighted by Crippen LogP contribution is -2.56. The van der Waals surface area contributed by atoms with Crippen molar-refractivity contribution >= 4 is 53.0 Å². The van der Waals surface area contributed by atoms with Gasteiger partial charge in [-0.05, 0) is 20.3 Å². The molecule has 0 radical (unpaired) electrons. The van der Waals surface area contributed by atoms with Crippen molar-refractivity contribution in [2.75, 3.05) is 0 Å². The van der Waals surface area contributed by atoms with Crippen molar-refractivity contribution in [3.63, 3.8) is 0 Å². The molecular weight excluding hydrogens is 268 g/mol. The van der Waals surface area contributed by atoms with E-state index in [1.54, 1.807) is 23.5 Å². The summed E-state index contributed by atoms with van der Waals surface area (Å²) in [5.74, 6) is -0.625. The topological polar surface area (TPSA) is 37.3 Å². The first kappa shape index (κ1) is 11.0. The van der Waals surface area contributed by atoms with Gasteiger partial charge in [0.05, 0.1) is 12.7 Å². The average molecular weight is 280 g/mol. The van der Waals surface area contributed by atoms with Gasteiger partial charge in [0.25, 0.3) is 0 Å². The molecule has 0 aromatic carbocycles. The Morgan fingerprint density at radius 2 is 2.00 bits per heavy atom. The molecule has 4 aliphatic heterocycles. The third kappa shape index (κ3) is 1.55. The molecule has 0 amide bonds. The van der Waals surface area contributed by atoms with Gasteiger partial charge in [-0.1, -0.05) is 0 Å². The van der Waals surface area contributed by atoms with Crippen molar-refractivity contribution in [3.8, 4) is 0 Å². The molecule has 0 aromatic heterocycles. The molecule has 4 saturated heterocycles. The Hall–Kier alpha value is 0.870. The van der Waals surface area contributed by atoms with Crippen molar-refractivity contribution in [1.82, 2.24) is 0 Å². The zero-order chi connectivity index (χ0) is 10.9. The maximum Gasteiger partial charge on any atom is 0.330 e. The first-order valence-electron chi connectivity index (χ1n) is 4.84. The number of carboxylic acids is 1. The van der Waals surface area contributed by atoms with Crippen LogP contribution in [0.4, 0.5) is 0 Å². The summed E-state index contributed by atoms with van der Waals surface area (Å²) in [6, 6.07) is 0. The summed E-state index contributed by atoms with van der Waals surface area (Å²) < 4.78 is 0.148. The van der Waals surface area contributed by atoms with E-state index in [1.165, 1.54) is 0 Å². The SMILES string of the molecule is CC12CC3(C(=O)O)SC(CC(C)(S1)S3)S2. The third-order valence-corrected chi connectivity index (χ3v) is 9.71. The van der Waals surface area contributed by atoms with Crippen LogP contribution in [0.2, 0.25) is 0 Å². The standard InChI is InChI=1S/C9H12O2S4/c1-7-3-5-12-8(2,14-7)4-9(13-5,15-7)6(10)11/h5H,3-4H2,1-2H3,(H,10,11). The second-order valence-corrected chi connectivity index (χ2v) is 12.7. The molecular formula is C9H12O2S4. The molecule has 4 aliphatic rings. The Kier molecular flexibility index (Phi) is 2.20. The molecule has 15 heavy (non-hydrogen) atoms. The van der Waals surface area contributed by atoms with Crippen LogP contribution in [0.3, 0.4) is 0 Å². The van der Waals surface area contributed by atoms with Crippen molar-refractivity contribution in [2.45, 2.75) is 43.5 Å². The molecule has 0 spiro atoms. The van der Waals surface area contributed by atoms with E-state index in [-0.39, 0.29) is 8.16 Å². The Labute approximate surface area is 106 Å². The first-order valence-corrected chi connectivity index (χ1v) is 8.24. The van der Waals surface area contributed by atoms with Gasteiger partial charge in [0.1, 0.15) is 0 Å². The normalized spacial score (nSPS) is 57.1. The van der Waals surface area contributed by atoms with E-state index in [4.69, 9.17) is 0 Å². The highest BCUT2D eigenvalue weighted by molar-refractivity contribution is 8.38. The van der Waals surface area contributed by atoms with E-state index >= 15 is 0 Å². The van der Waals surface area contributed by atoms with E-state index in [2.05, 4.69) is 13.8 Å². The van der Waals surface area contributed by atoms with Gasteiger partial charge in [-0.2, -0.15) is 0 Å². The van der Waals surface area contributed by atoms with E-state index in [0.717, 1.165) is 12.8 Å². The fourth-order valence-electron chi connectivity index (χ4n) is 2.61. The van der Waals surface area contributed by atoms with Gasteiger partial charge in [-0.25, -0.2) is 4.79 Å². The Bertz CT molecular complexity index is 327. The van der Waals surface area contributed by atoms with Crippen LogP contribution >= 0.6 is 47.0 Å². The molecule has 4 heterocycles. The van der Waals surface area contributed by atoms with Crippen LogP contribution in [-0.2, 0) is 4.79 Å². The molecule has 4 fully saturated rings. The maximum atomic E-state index is 11.5. The quantitative estimate of drug-likeness (QED) is 0.794. The number of carbonyl (C=O) groups is 1. The van der Waals surface area contributed by atoms with Crippen molar-refractivity contribution in [3.05, 3.63) is 0 Å². The summed E-state index contributed by atoms with van der Waals surface area (Å²) >= 11 is 7.30. The monoisotopic (exact) mass is 280 g/mol. The molecule has 0 aromatic rings. The second kappa shape index (κ2) is 3.00. The number of rotatable bonds is 1. The molecule has 1 N–H and O–H groups in total. The smallest absolute Gasteiger partial charge is 0.330 e. The van der Waals surface area contributed by atoms with E-state index < -0.39 is 10.0 Å². The largest absolute Gasteiger partial charge is 0.480 e. The first-order chi connectivity index (χ1) is 6.85. The molecule has 4 atom stereocenters. The van der Waals surface area contributed by atoms with Crippen LogP contribution in [0.1, 0.15) is 26.7 Å². The van der Waals surface area contributed by atoms with Crippen molar-refractivity contribution < 1.29 is 9.90 Å². The summed E-state index contributed by atoms with van der Waals surface area (Å²) in [7, 11) is 0. The average Bonchev–Trinajstić information content (AvgIpc) is 1.95. The summed E-state index contributed by atoms with van der Waals surface area (Å²) in [6.45, 7) is 4.42. The highest BCUT2D eigenvalue weighted by atomic mass is 32.3. The fourth-order valence-corrected chi connectivity index (χ4v) is 14.2. The number of aliphatic carboxylic acids is 1. The van der Waals surface area contributed by atoms with Crippen LogP contribution in [0, 0.1) is 0 Å².